The van der Waals surface area contributed by atoms with Gasteiger partial charge in [-0.15, -0.1) is 0 Å². The molecule has 0 aliphatic carbocycles. The highest BCUT2D eigenvalue weighted by molar-refractivity contribution is 5.91. The van der Waals surface area contributed by atoms with Crippen LogP contribution in [0.5, 0.6) is 11.5 Å². The summed E-state index contributed by atoms with van der Waals surface area (Å²) in [6, 6.07) is 9.49. The number of carbonyl (C=O) groups is 1. The van der Waals surface area contributed by atoms with Crippen LogP contribution in [0.1, 0.15) is 11.1 Å². The molecule has 0 radical (unpaired) electrons. The quantitative estimate of drug-likeness (QED) is 0.716. The van der Waals surface area contributed by atoms with E-state index in [0.29, 0.717) is 18.8 Å². The molecule has 0 unspecified atom stereocenters. The van der Waals surface area contributed by atoms with Crippen molar-refractivity contribution in [2.24, 2.45) is 0 Å². The normalized spacial score (nSPS) is 12.7. The molecule has 0 fully saturated rings. The fourth-order valence-electron chi connectivity index (χ4n) is 2.59. The summed E-state index contributed by atoms with van der Waals surface area (Å²) in [4.78, 5) is 20.7. The van der Waals surface area contributed by atoms with E-state index in [1.54, 1.807) is 24.5 Å². The van der Waals surface area contributed by atoms with Crippen molar-refractivity contribution in [3.05, 3.63) is 59.9 Å². The first kappa shape index (κ1) is 17.9. The minimum absolute atomic E-state index is 0.0339. The van der Waals surface area contributed by atoms with Crippen molar-refractivity contribution in [1.29, 1.82) is 0 Å². The van der Waals surface area contributed by atoms with Gasteiger partial charge >= 0.3 is 0 Å². The van der Waals surface area contributed by atoms with E-state index in [1.807, 2.05) is 49.3 Å². The molecule has 3 rings (SSSR count). The molecule has 1 amide bonds. The zero-order chi connectivity index (χ0) is 18.4. The van der Waals surface area contributed by atoms with Crippen LogP contribution in [0.3, 0.4) is 0 Å². The summed E-state index contributed by atoms with van der Waals surface area (Å²) < 4.78 is 10.7. The zero-order valence-electron chi connectivity index (χ0n) is 15.1. The first-order valence-corrected chi connectivity index (χ1v) is 8.52. The summed E-state index contributed by atoms with van der Waals surface area (Å²) in [5.74, 6) is 1.41. The molecule has 0 saturated carbocycles. The Kier molecular flexibility index (Phi) is 5.86. The third-order valence-electron chi connectivity index (χ3n) is 4.04. The van der Waals surface area contributed by atoms with Crippen molar-refractivity contribution in [3.63, 3.8) is 0 Å². The molecule has 2 heterocycles. The summed E-state index contributed by atoms with van der Waals surface area (Å²) in [7, 11) is 3.99. The van der Waals surface area contributed by atoms with Crippen molar-refractivity contribution >= 4 is 12.0 Å². The second-order valence-corrected chi connectivity index (χ2v) is 6.37. The molecular formula is C20H23N3O3. The Bertz CT molecular complexity index is 775. The highest BCUT2D eigenvalue weighted by Gasteiger charge is 2.14. The number of amides is 1. The molecule has 0 saturated heterocycles. The fourth-order valence-corrected chi connectivity index (χ4v) is 2.59. The van der Waals surface area contributed by atoms with Crippen LogP contribution in [0.4, 0.5) is 0 Å². The molecule has 0 atom stereocenters. The van der Waals surface area contributed by atoms with Gasteiger partial charge in [-0.1, -0.05) is 12.1 Å². The number of nitrogens with zero attached hydrogens (tertiary/aromatic N) is 3. The van der Waals surface area contributed by atoms with E-state index in [-0.39, 0.29) is 12.7 Å². The van der Waals surface area contributed by atoms with Gasteiger partial charge in [0, 0.05) is 38.1 Å². The lowest BCUT2D eigenvalue weighted by Gasteiger charge is -2.23. The number of ether oxygens (including phenoxy) is 2. The van der Waals surface area contributed by atoms with E-state index >= 15 is 0 Å². The van der Waals surface area contributed by atoms with Gasteiger partial charge in [0.15, 0.2) is 11.5 Å². The van der Waals surface area contributed by atoms with Gasteiger partial charge in [-0.25, -0.2) is 0 Å². The largest absolute Gasteiger partial charge is 0.454 e. The van der Waals surface area contributed by atoms with Crippen molar-refractivity contribution in [3.8, 4) is 11.5 Å². The number of benzene rings is 1. The predicted molar refractivity (Wildman–Crippen MR) is 99.8 cm³/mol. The van der Waals surface area contributed by atoms with E-state index in [9.17, 15) is 4.79 Å². The lowest BCUT2D eigenvalue weighted by Crippen LogP contribution is -2.35. The Hall–Kier alpha value is -2.86. The number of fused-ring (bicyclic) bond motifs is 1. The molecule has 6 nitrogen and oxygen atoms in total. The monoisotopic (exact) mass is 353 g/mol. The third kappa shape index (κ3) is 4.83. The van der Waals surface area contributed by atoms with Crippen molar-refractivity contribution in [2.75, 3.05) is 34.0 Å². The van der Waals surface area contributed by atoms with Crippen LogP contribution in [0.25, 0.3) is 6.08 Å². The maximum Gasteiger partial charge on any atom is 0.246 e. The lowest BCUT2D eigenvalue weighted by atomic mass is 10.2. The van der Waals surface area contributed by atoms with Gasteiger partial charge in [0.2, 0.25) is 12.7 Å². The number of hydrogen-bond acceptors (Lipinski definition) is 5. The molecule has 26 heavy (non-hydrogen) atoms. The third-order valence-corrected chi connectivity index (χ3v) is 4.04. The lowest BCUT2D eigenvalue weighted by molar-refractivity contribution is -0.126. The van der Waals surface area contributed by atoms with Crippen molar-refractivity contribution < 1.29 is 14.3 Å². The molecule has 0 spiro atoms. The molecule has 1 aromatic heterocycles. The highest BCUT2D eigenvalue weighted by atomic mass is 16.7. The van der Waals surface area contributed by atoms with Crippen molar-refractivity contribution in [1.82, 2.24) is 14.8 Å². The number of carbonyl (C=O) groups excluding carboxylic acids is 1. The van der Waals surface area contributed by atoms with E-state index in [0.717, 1.165) is 23.4 Å². The summed E-state index contributed by atoms with van der Waals surface area (Å²) in [6.07, 6.45) is 6.92. The van der Waals surface area contributed by atoms with E-state index in [1.165, 1.54) is 0 Å². The average Bonchev–Trinajstić information content (AvgIpc) is 3.11. The van der Waals surface area contributed by atoms with Crippen LogP contribution in [0.2, 0.25) is 0 Å². The molecule has 1 aromatic carbocycles. The Morgan fingerprint density at radius 3 is 2.81 bits per heavy atom. The molecule has 6 heteroatoms. The second-order valence-electron chi connectivity index (χ2n) is 6.37. The van der Waals surface area contributed by atoms with Crippen LogP contribution >= 0.6 is 0 Å². The summed E-state index contributed by atoms with van der Waals surface area (Å²) in [5, 5.41) is 0. The Balaban J connectivity index is 1.69. The van der Waals surface area contributed by atoms with Gasteiger partial charge in [-0.2, -0.15) is 0 Å². The predicted octanol–water partition coefficient (Wildman–Crippen LogP) is 2.41. The molecular weight excluding hydrogens is 330 g/mol. The highest BCUT2D eigenvalue weighted by Crippen LogP contribution is 2.32. The SMILES string of the molecule is CN(C)CCN(Cc1cccnc1)C(=O)C=Cc1ccc2c(c1)OCO2. The number of aromatic nitrogens is 1. The molecule has 136 valence electrons. The van der Waals surface area contributed by atoms with Crippen LogP contribution in [-0.4, -0.2) is 54.7 Å². The van der Waals surface area contributed by atoms with Crippen LogP contribution in [0.15, 0.2) is 48.8 Å². The first-order chi connectivity index (χ1) is 12.6. The van der Waals surface area contributed by atoms with Crippen LogP contribution in [-0.2, 0) is 11.3 Å². The van der Waals surface area contributed by atoms with Gasteiger partial charge in [0.05, 0.1) is 0 Å². The second kappa shape index (κ2) is 8.49. The zero-order valence-corrected chi connectivity index (χ0v) is 15.1. The Labute approximate surface area is 153 Å². The molecule has 0 N–H and O–H groups in total. The van der Waals surface area contributed by atoms with Gasteiger partial charge in [-0.05, 0) is 49.5 Å². The van der Waals surface area contributed by atoms with Gasteiger partial charge in [-0.3, -0.25) is 9.78 Å². The Morgan fingerprint density at radius 2 is 2.04 bits per heavy atom. The fraction of sp³-hybridized carbons (Fsp3) is 0.300. The maximum atomic E-state index is 12.7. The summed E-state index contributed by atoms with van der Waals surface area (Å²) >= 11 is 0. The van der Waals surface area contributed by atoms with Crippen LogP contribution < -0.4 is 9.47 Å². The molecule has 2 aromatic rings. The standard InChI is InChI=1S/C20H23N3O3/c1-22(2)10-11-23(14-17-4-3-9-21-13-17)20(24)8-6-16-5-7-18-19(12-16)26-15-25-18/h3-9,12-13H,10-11,14-15H2,1-2H3. The summed E-state index contributed by atoms with van der Waals surface area (Å²) in [5.41, 5.74) is 1.91. The maximum absolute atomic E-state index is 12.7. The number of pyridine rings is 1. The number of rotatable bonds is 7. The Morgan fingerprint density at radius 1 is 1.19 bits per heavy atom. The molecule has 1 aliphatic rings. The number of hydrogen-bond donors (Lipinski definition) is 0. The van der Waals surface area contributed by atoms with E-state index < -0.39 is 0 Å². The first-order valence-electron chi connectivity index (χ1n) is 8.52. The minimum Gasteiger partial charge on any atom is -0.454 e. The minimum atomic E-state index is -0.0339. The van der Waals surface area contributed by atoms with Crippen molar-refractivity contribution in [2.45, 2.75) is 6.54 Å². The van der Waals surface area contributed by atoms with E-state index in [2.05, 4.69) is 9.88 Å². The van der Waals surface area contributed by atoms with Gasteiger partial charge in [0.25, 0.3) is 0 Å². The summed E-state index contributed by atoms with van der Waals surface area (Å²) in [6.45, 7) is 2.22. The van der Waals surface area contributed by atoms with Crippen LogP contribution in [0, 0.1) is 0 Å². The average molecular weight is 353 g/mol. The topological polar surface area (TPSA) is 54.9 Å². The van der Waals surface area contributed by atoms with Gasteiger partial charge in [0.1, 0.15) is 0 Å². The molecule has 1 aliphatic heterocycles. The van der Waals surface area contributed by atoms with Gasteiger partial charge < -0.3 is 19.3 Å². The van der Waals surface area contributed by atoms with E-state index in [4.69, 9.17) is 9.47 Å². The number of likely N-dealkylation sites (N-methyl/N-ethyl adjacent to an activating group) is 1. The molecule has 0 bridgehead atoms. The smallest absolute Gasteiger partial charge is 0.246 e.